The molecule has 0 aliphatic carbocycles. The number of rotatable bonds is 9. The van der Waals surface area contributed by atoms with Gasteiger partial charge in [0.1, 0.15) is 18.2 Å². The number of ether oxygens (including phenoxy) is 1. The number of hydrogen-bond acceptors (Lipinski definition) is 4. The van der Waals surface area contributed by atoms with E-state index >= 15 is 0 Å². The molecule has 0 N–H and O–H groups in total. The quantitative estimate of drug-likeness (QED) is 0.345. The summed E-state index contributed by atoms with van der Waals surface area (Å²) in [4.78, 5) is 4.38. The second kappa shape index (κ2) is 9.19. The predicted octanol–water partition coefficient (Wildman–Crippen LogP) is 4.55. The zero-order valence-corrected chi connectivity index (χ0v) is 20.5. The summed E-state index contributed by atoms with van der Waals surface area (Å²) in [6, 6.07) is 9.89. The highest BCUT2D eigenvalue weighted by Crippen LogP contribution is 2.32. The molecule has 31 heavy (non-hydrogen) atoms. The molecule has 168 valence electrons. The zero-order chi connectivity index (χ0) is 22.8. The molecule has 3 rings (SSSR count). The summed E-state index contributed by atoms with van der Waals surface area (Å²) in [5.74, 6) is -0.332. The first-order chi connectivity index (χ1) is 14.5. The van der Waals surface area contributed by atoms with Crippen molar-refractivity contribution in [1.29, 1.82) is 0 Å². The second-order valence-corrected chi connectivity index (χ2v) is 16.8. The summed E-state index contributed by atoms with van der Waals surface area (Å²) in [5.41, 5.74) is 2.97. The summed E-state index contributed by atoms with van der Waals surface area (Å²) in [6.45, 7) is 8.16. The molecule has 0 unspecified atom stereocenters. The molecule has 0 radical (unpaired) electrons. The Morgan fingerprint density at radius 3 is 2.45 bits per heavy atom. The Balaban J connectivity index is 1.86. The predicted molar refractivity (Wildman–Crippen MR) is 126 cm³/mol. The maximum atomic E-state index is 14.7. The van der Waals surface area contributed by atoms with Gasteiger partial charge in [-0.05, 0) is 23.2 Å². The van der Waals surface area contributed by atoms with Crippen molar-refractivity contribution in [2.45, 2.75) is 39.0 Å². The first kappa shape index (κ1) is 23.6. The van der Waals surface area contributed by atoms with Crippen molar-refractivity contribution >= 4 is 29.1 Å². The molecule has 0 aliphatic heterocycles. The van der Waals surface area contributed by atoms with Crippen LogP contribution < -0.4 is 0 Å². The van der Waals surface area contributed by atoms with Gasteiger partial charge >= 0.3 is 0 Å². The van der Waals surface area contributed by atoms with Crippen molar-refractivity contribution in [3.63, 3.8) is 0 Å². The fourth-order valence-corrected chi connectivity index (χ4v) is 4.34. The number of hydrogen-bond donors (Lipinski definition) is 0. The molecule has 0 saturated carbocycles. The van der Waals surface area contributed by atoms with Crippen molar-refractivity contribution in [2.75, 3.05) is 19.9 Å². The van der Waals surface area contributed by atoms with Gasteiger partial charge in [0.15, 0.2) is 0 Å². The molecule has 6 nitrogen and oxygen atoms in total. The molecular weight excluding hydrogens is 433 g/mol. The van der Waals surface area contributed by atoms with Crippen LogP contribution in [-0.2, 0) is 28.0 Å². The molecule has 0 fully saturated rings. The topological polar surface area (TPSA) is 64.4 Å². The van der Waals surface area contributed by atoms with Gasteiger partial charge in [0, 0.05) is 46.2 Å². The highest BCUT2D eigenvalue weighted by atomic mass is 32.2. The van der Waals surface area contributed by atoms with Crippen LogP contribution in [0.15, 0.2) is 42.7 Å². The van der Waals surface area contributed by atoms with E-state index in [2.05, 4.69) is 24.6 Å². The molecule has 0 saturated heterocycles. The van der Waals surface area contributed by atoms with Crippen LogP contribution in [0, 0.1) is 5.82 Å². The molecule has 0 amide bonds. The molecule has 9 heteroatoms. The van der Waals surface area contributed by atoms with Crippen LogP contribution >= 0.6 is 0 Å². The Labute approximate surface area is 184 Å². The molecule has 2 aromatic heterocycles. The molecule has 0 spiro atoms. The lowest BCUT2D eigenvalue weighted by Crippen LogP contribution is -2.24. The van der Waals surface area contributed by atoms with Gasteiger partial charge in [-0.15, -0.1) is 0 Å². The van der Waals surface area contributed by atoms with Gasteiger partial charge < -0.3 is 9.30 Å². The fourth-order valence-electron chi connectivity index (χ4n) is 3.20. The average molecular weight is 464 g/mol. The Bertz CT molecular complexity index is 1160. The number of aromatic nitrogens is 2. The van der Waals surface area contributed by atoms with Crippen LogP contribution in [0.4, 0.5) is 4.39 Å². The van der Waals surface area contributed by atoms with E-state index < -0.39 is 18.1 Å². The molecular formula is C22H30FN3O3SSi. The Morgan fingerprint density at radius 1 is 1.16 bits per heavy atom. The number of sulfonamides is 1. The first-order valence-electron chi connectivity index (χ1n) is 10.2. The van der Waals surface area contributed by atoms with Gasteiger partial charge in [0.05, 0.1) is 11.6 Å². The maximum Gasteiger partial charge on any atom is 0.211 e. The molecule has 3 aromatic rings. The normalized spacial score (nSPS) is 12.7. The summed E-state index contributed by atoms with van der Waals surface area (Å²) >= 11 is 0. The summed E-state index contributed by atoms with van der Waals surface area (Å²) < 4.78 is 47.0. The Kier molecular flexibility index (Phi) is 7.00. The van der Waals surface area contributed by atoms with E-state index in [1.54, 1.807) is 7.05 Å². The standard InChI is InChI=1S/C22H30FN3O3SSi/c1-25(30(2,27)28)14-17-6-8-18(9-7-17)19-15-26(16-29-12-13-31(3,4)5)22-21(19)20(23)10-11-24-22/h6-11,15H,12-14,16H2,1-5H3. The molecule has 0 atom stereocenters. The number of pyridine rings is 1. The van der Waals surface area contributed by atoms with Gasteiger partial charge in [0.2, 0.25) is 10.0 Å². The van der Waals surface area contributed by atoms with Gasteiger partial charge in [-0.25, -0.2) is 22.1 Å². The van der Waals surface area contributed by atoms with Gasteiger partial charge in [-0.1, -0.05) is 43.9 Å². The lowest BCUT2D eigenvalue weighted by atomic mass is 10.0. The van der Waals surface area contributed by atoms with Gasteiger partial charge in [-0.3, -0.25) is 0 Å². The zero-order valence-electron chi connectivity index (χ0n) is 18.7. The van der Waals surface area contributed by atoms with Crippen LogP contribution in [0.1, 0.15) is 5.56 Å². The highest BCUT2D eigenvalue weighted by Gasteiger charge is 2.17. The smallest absolute Gasteiger partial charge is 0.211 e. The lowest BCUT2D eigenvalue weighted by Gasteiger charge is -2.15. The largest absolute Gasteiger partial charge is 0.361 e. The van der Waals surface area contributed by atoms with Crippen LogP contribution in [0.3, 0.4) is 0 Å². The van der Waals surface area contributed by atoms with E-state index in [-0.39, 0.29) is 12.4 Å². The third-order valence-corrected chi connectivity index (χ3v) is 8.14. The maximum absolute atomic E-state index is 14.7. The minimum atomic E-state index is -3.25. The number of nitrogens with zero attached hydrogens (tertiary/aromatic N) is 3. The van der Waals surface area contributed by atoms with E-state index in [0.717, 1.165) is 22.7 Å². The van der Waals surface area contributed by atoms with Crippen molar-refractivity contribution in [2.24, 2.45) is 0 Å². The average Bonchev–Trinajstić information content (AvgIpc) is 3.04. The number of halogens is 1. The van der Waals surface area contributed by atoms with E-state index in [1.807, 2.05) is 35.0 Å². The van der Waals surface area contributed by atoms with E-state index in [4.69, 9.17) is 4.74 Å². The molecule has 0 aliphatic rings. The molecule has 0 bridgehead atoms. The summed E-state index contributed by atoms with van der Waals surface area (Å²) in [6.07, 6.45) is 4.51. The van der Waals surface area contributed by atoms with Gasteiger partial charge in [-0.2, -0.15) is 0 Å². The first-order valence-corrected chi connectivity index (χ1v) is 15.7. The third-order valence-electron chi connectivity index (χ3n) is 5.17. The summed E-state index contributed by atoms with van der Waals surface area (Å²) in [7, 11) is -2.90. The summed E-state index contributed by atoms with van der Waals surface area (Å²) in [5, 5.41) is 0.456. The lowest BCUT2D eigenvalue weighted by molar-refractivity contribution is 0.0899. The SMILES string of the molecule is CN(Cc1ccc(-c2cn(COCC[Si](C)(C)C)c3nccc(F)c23)cc1)S(C)(=O)=O. The van der Waals surface area contributed by atoms with E-state index in [0.29, 0.717) is 24.4 Å². The minimum absolute atomic E-state index is 0.279. The van der Waals surface area contributed by atoms with Gasteiger partial charge in [0.25, 0.3) is 0 Å². The van der Waals surface area contributed by atoms with E-state index in [1.165, 1.54) is 22.8 Å². The molecule has 1 aromatic carbocycles. The van der Waals surface area contributed by atoms with Crippen LogP contribution in [-0.4, -0.2) is 50.3 Å². The van der Waals surface area contributed by atoms with Crippen LogP contribution in [0.2, 0.25) is 25.7 Å². The van der Waals surface area contributed by atoms with Crippen molar-refractivity contribution in [3.8, 4) is 11.1 Å². The van der Waals surface area contributed by atoms with Crippen molar-refractivity contribution < 1.29 is 17.5 Å². The van der Waals surface area contributed by atoms with Crippen molar-refractivity contribution in [3.05, 3.63) is 54.1 Å². The molecule has 2 heterocycles. The monoisotopic (exact) mass is 463 g/mol. The minimum Gasteiger partial charge on any atom is -0.361 e. The van der Waals surface area contributed by atoms with E-state index in [9.17, 15) is 12.8 Å². The van der Waals surface area contributed by atoms with Crippen LogP contribution in [0.25, 0.3) is 22.2 Å². The number of fused-ring (bicyclic) bond motifs is 1. The van der Waals surface area contributed by atoms with Crippen molar-refractivity contribution in [1.82, 2.24) is 13.9 Å². The second-order valence-electron chi connectivity index (χ2n) is 9.07. The number of benzene rings is 1. The Hall–Kier alpha value is -2.07. The fraction of sp³-hybridized carbons (Fsp3) is 0.409. The third kappa shape index (κ3) is 6.00. The highest BCUT2D eigenvalue weighted by molar-refractivity contribution is 7.88. The Morgan fingerprint density at radius 2 is 1.84 bits per heavy atom. The van der Waals surface area contributed by atoms with Crippen LogP contribution in [0.5, 0.6) is 0 Å².